The molecule has 1 aliphatic carbocycles. The highest BCUT2D eigenvalue weighted by Crippen LogP contribution is 2.27. The van der Waals surface area contributed by atoms with E-state index in [1.54, 1.807) is 7.05 Å². The van der Waals surface area contributed by atoms with Crippen molar-refractivity contribution in [1.82, 2.24) is 4.90 Å². The lowest BCUT2D eigenvalue weighted by molar-refractivity contribution is 0.0893. The average molecular weight is 200 g/mol. The second-order valence-corrected chi connectivity index (χ2v) is 4.14. The molecule has 1 fully saturated rings. The molecule has 1 aliphatic rings. The van der Waals surface area contributed by atoms with E-state index in [1.807, 2.05) is 6.92 Å². The summed E-state index contributed by atoms with van der Waals surface area (Å²) >= 11 is 0. The Balaban J connectivity index is 2.29. The molecule has 0 aromatic heterocycles. The van der Waals surface area contributed by atoms with Gasteiger partial charge in [0.05, 0.1) is 5.54 Å². The molecule has 0 saturated heterocycles. The molecule has 0 atom stereocenters. The third-order valence-corrected chi connectivity index (χ3v) is 2.87. The molecule has 0 radical (unpaired) electrons. The fourth-order valence-electron chi connectivity index (χ4n) is 1.67. The highest BCUT2D eigenvalue weighted by molar-refractivity contribution is 5.67. The molecular formula is C10H20N2O2. The summed E-state index contributed by atoms with van der Waals surface area (Å²) in [5, 5.41) is 0. The van der Waals surface area contributed by atoms with Gasteiger partial charge in [0.1, 0.15) is 6.61 Å². The third kappa shape index (κ3) is 2.87. The van der Waals surface area contributed by atoms with Gasteiger partial charge in [-0.25, -0.2) is 4.79 Å². The molecule has 1 amide bonds. The van der Waals surface area contributed by atoms with Crippen molar-refractivity contribution in [3.05, 3.63) is 0 Å². The van der Waals surface area contributed by atoms with Crippen LogP contribution in [0.1, 0.15) is 32.6 Å². The van der Waals surface area contributed by atoms with Gasteiger partial charge in [0, 0.05) is 13.6 Å². The van der Waals surface area contributed by atoms with Gasteiger partial charge in [-0.05, 0) is 19.8 Å². The average Bonchev–Trinajstić information content (AvgIpc) is 2.61. The molecule has 0 aromatic carbocycles. The number of amides is 1. The van der Waals surface area contributed by atoms with Gasteiger partial charge in [0.15, 0.2) is 0 Å². The van der Waals surface area contributed by atoms with Gasteiger partial charge in [-0.3, -0.25) is 0 Å². The number of nitrogens with zero attached hydrogens (tertiary/aromatic N) is 1. The molecule has 1 rings (SSSR count). The number of carbonyl (C=O) groups is 1. The molecule has 4 nitrogen and oxygen atoms in total. The standard InChI is InChI=1S/C10H20N2O2/c1-3-12(2)9(13)14-8-10(11)6-4-5-7-10/h3-8,11H2,1-2H3. The summed E-state index contributed by atoms with van der Waals surface area (Å²) < 4.78 is 5.14. The summed E-state index contributed by atoms with van der Waals surface area (Å²) in [7, 11) is 1.72. The quantitative estimate of drug-likeness (QED) is 0.748. The van der Waals surface area contributed by atoms with Crippen molar-refractivity contribution in [3.63, 3.8) is 0 Å². The zero-order valence-corrected chi connectivity index (χ0v) is 9.08. The Bertz CT molecular complexity index is 200. The molecule has 82 valence electrons. The molecule has 0 unspecified atom stereocenters. The van der Waals surface area contributed by atoms with E-state index in [4.69, 9.17) is 10.5 Å². The Morgan fingerprint density at radius 3 is 2.57 bits per heavy atom. The smallest absolute Gasteiger partial charge is 0.409 e. The first-order valence-corrected chi connectivity index (χ1v) is 5.24. The van der Waals surface area contributed by atoms with E-state index in [2.05, 4.69) is 0 Å². The molecule has 0 heterocycles. The lowest BCUT2D eigenvalue weighted by Gasteiger charge is -2.24. The van der Waals surface area contributed by atoms with Crippen LogP contribution in [0.2, 0.25) is 0 Å². The SMILES string of the molecule is CCN(C)C(=O)OCC1(N)CCCC1. The minimum Gasteiger partial charge on any atom is -0.447 e. The lowest BCUT2D eigenvalue weighted by atomic mass is 10.0. The van der Waals surface area contributed by atoms with E-state index >= 15 is 0 Å². The maximum Gasteiger partial charge on any atom is 0.409 e. The van der Waals surface area contributed by atoms with Gasteiger partial charge in [0.25, 0.3) is 0 Å². The highest BCUT2D eigenvalue weighted by atomic mass is 16.6. The van der Waals surface area contributed by atoms with Crippen LogP contribution in [-0.2, 0) is 4.74 Å². The van der Waals surface area contributed by atoms with Gasteiger partial charge >= 0.3 is 6.09 Å². The van der Waals surface area contributed by atoms with Crippen LogP contribution in [-0.4, -0.2) is 36.7 Å². The summed E-state index contributed by atoms with van der Waals surface area (Å²) in [4.78, 5) is 12.9. The van der Waals surface area contributed by atoms with Crippen molar-refractivity contribution in [1.29, 1.82) is 0 Å². The molecule has 1 saturated carbocycles. The number of nitrogens with two attached hydrogens (primary N) is 1. The van der Waals surface area contributed by atoms with Crippen LogP contribution in [0.25, 0.3) is 0 Å². The second-order valence-electron chi connectivity index (χ2n) is 4.14. The Morgan fingerprint density at radius 1 is 1.50 bits per heavy atom. The topological polar surface area (TPSA) is 55.6 Å². The van der Waals surface area contributed by atoms with Crippen LogP contribution in [0, 0.1) is 0 Å². The summed E-state index contributed by atoms with van der Waals surface area (Å²) in [6, 6.07) is 0. The van der Waals surface area contributed by atoms with Gasteiger partial charge in [-0.15, -0.1) is 0 Å². The first kappa shape index (κ1) is 11.3. The number of rotatable bonds is 3. The van der Waals surface area contributed by atoms with Gasteiger partial charge in [-0.2, -0.15) is 0 Å². The van der Waals surface area contributed by atoms with E-state index in [-0.39, 0.29) is 11.6 Å². The summed E-state index contributed by atoms with van der Waals surface area (Å²) in [6.45, 7) is 2.93. The predicted octanol–water partition coefficient (Wildman–Crippen LogP) is 1.35. The zero-order valence-electron chi connectivity index (χ0n) is 9.08. The minimum atomic E-state index is -0.274. The van der Waals surface area contributed by atoms with E-state index < -0.39 is 0 Å². The normalized spacial score (nSPS) is 19.4. The third-order valence-electron chi connectivity index (χ3n) is 2.87. The summed E-state index contributed by atoms with van der Waals surface area (Å²) in [5.41, 5.74) is 5.79. The molecular weight excluding hydrogens is 180 g/mol. The Morgan fingerprint density at radius 2 is 2.07 bits per heavy atom. The molecule has 0 spiro atoms. The molecule has 0 bridgehead atoms. The van der Waals surface area contributed by atoms with Gasteiger partial charge in [0.2, 0.25) is 0 Å². The Kier molecular flexibility index (Phi) is 3.75. The van der Waals surface area contributed by atoms with Gasteiger partial charge < -0.3 is 15.4 Å². The maximum atomic E-state index is 11.3. The van der Waals surface area contributed by atoms with Crippen molar-refractivity contribution in [2.45, 2.75) is 38.1 Å². The first-order chi connectivity index (χ1) is 6.57. The van der Waals surface area contributed by atoms with Crippen molar-refractivity contribution in [2.24, 2.45) is 5.73 Å². The van der Waals surface area contributed by atoms with Crippen molar-refractivity contribution >= 4 is 6.09 Å². The Hall–Kier alpha value is -0.770. The predicted molar refractivity (Wildman–Crippen MR) is 55.0 cm³/mol. The number of hydrogen-bond acceptors (Lipinski definition) is 3. The van der Waals surface area contributed by atoms with E-state index in [1.165, 1.54) is 4.90 Å². The molecule has 2 N–H and O–H groups in total. The van der Waals surface area contributed by atoms with Crippen LogP contribution in [0.3, 0.4) is 0 Å². The summed E-state index contributed by atoms with van der Waals surface area (Å²) in [6.07, 6.45) is 3.96. The molecule has 0 aliphatic heterocycles. The van der Waals surface area contributed by atoms with Crippen LogP contribution in [0.15, 0.2) is 0 Å². The van der Waals surface area contributed by atoms with E-state index in [9.17, 15) is 4.79 Å². The number of hydrogen-bond donors (Lipinski definition) is 1. The molecule has 14 heavy (non-hydrogen) atoms. The first-order valence-electron chi connectivity index (χ1n) is 5.24. The fourth-order valence-corrected chi connectivity index (χ4v) is 1.67. The molecule has 4 heteroatoms. The van der Waals surface area contributed by atoms with Crippen LogP contribution in [0.5, 0.6) is 0 Å². The number of ether oxygens (including phenoxy) is 1. The minimum absolute atomic E-state index is 0.260. The van der Waals surface area contributed by atoms with Gasteiger partial charge in [-0.1, -0.05) is 12.8 Å². The maximum absolute atomic E-state index is 11.3. The fraction of sp³-hybridized carbons (Fsp3) is 0.900. The van der Waals surface area contributed by atoms with Crippen molar-refractivity contribution in [3.8, 4) is 0 Å². The Labute approximate surface area is 85.4 Å². The second kappa shape index (κ2) is 4.64. The monoisotopic (exact) mass is 200 g/mol. The number of carbonyl (C=O) groups excluding carboxylic acids is 1. The zero-order chi connectivity index (χ0) is 10.6. The van der Waals surface area contributed by atoms with Crippen molar-refractivity contribution < 1.29 is 9.53 Å². The van der Waals surface area contributed by atoms with E-state index in [0.717, 1.165) is 25.7 Å². The summed E-state index contributed by atoms with van der Waals surface area (Å²) in [5.74, 6) is 0. The lowest BCUT2D eigenvalue weighted by Crippen LogP contribution is -2.43. The van der Waals surface area contributed by atoms with Crippen LogP contribution in [0.4, 0.5) is 4.79 Å². The van der Waals surface area contributed by atoms with Crippen LogP contribution >= 0.6 is 0 Å². The van der Waals surface area contributed by atoms with Crippen molar-refractivity contribution in [2.75, 3.05) is 20.2 Å². The largest absolute Gasteiger partial charge is 0.447 e. The van der Waals surface area contributed by atoms with E-state index in [0.29, 0.717) is 13.2 Å². The highest BCUT2D eigenvalue weighted by Gasteiger charge is 2.31. The molecule has 0 aromatic rings. The van der Waals surface area contributed by atoms with Crippen LogP contribution < -0.4 is 5.73 Å².